The fourth-order valence-corrected chi connectivity index (χ4v) is 3.67. The highest BCUT2D eigenvalue weighted by atomic mass is 16.2. The Balaban J connectivity index is 1.51. The number of benzene rings is 1. The molecule has 0 N–H and O–H groups in total. The number of aromatic nitrogens is 4. The SMILES string of the molecule is Cc1nc(N2CCN(C(=O)c3ccccc3C)CC2)cc(-n2cnc(C)c2C)n1. The van der Waals surface area contributed by atoms with Gasteiger partial charge < -0.3 is 9.80 Å². The predicted octanol–water partition coefficient (Wildman–Crippen LogP) is 2.86. The van der Waals surface area contributed by atoms with E-state index in [1.165, 1.54) is 0 Å². The largest absolute Gasteiger partial charge is 0.353 e. The van der Waals surface area contributed by atoms with E-state index >= 15 is 0 Å². The number of imidazole rings is 1. The molecule has 7 heteroatoms. The van der Waals surface area contributed by atoms with Crippen molar-refractivity contribution in [3.8, 4) is 5.82 Å². The third-order valence-corrected chi connectivity index (χ3v) is 5.58. The number of anilines is 1. The van der Waals surface area contributed by atoms with Crippen LogP contribution in [0.3, 0.4) is 0 Å². The lowest BCUT2D eigenvalue weighted by Gasteiger charge is -2.35. The number of hydrogen-bond donors (Lipinski definition) is 0. The molecule has 1 aromatic carbocycles. The zero-order valence-corrected chi connectivity index (χ0v) is 17.4. The van der Waals surface area contributed by atoms with E-state index in [9.17, 15) is 4.79 Å². The number of aryl methyl sites for hydroxylation is 3. The van der Waals surface area contributed by atoms with Crippen molar-refractivity contribution in [2.24, 2.45) is 0 Å². The van der Waals surface area contributed by atoms with Crippen LogP contribution in [0.5, 0.6) is 0 Å². The lowest BCUT2D eigenvalue weighted by molar-refractivity contribution is 0.0745. The molecule has 0 radical (unpaired) electrons. The highest BCUT2D eigenvalue weighted by Crippen LogP contribution is 2.20. The van der Waals surface area contributed by atoms with Crippen LogP contribution in [0, 0.1) is 27.7 Å². The molecule has 1 aliphatic heterocycles. The monoisotopic (exact) mass is 390 g/mol. The minimum absolute atomic E-state index is 0.104. The van der Waals surface area contributed by atoms with Gasteiger partial charge in [-0.2, -0.15) is 0 Å². The second-order valence-electron chi connectivity index (χ2n) is 7.51. The number of carbonyl (C=O) groups is 1. The first-order valence-corrected chi connectivity index (χ1v) is 9.90. The molecule has 1 amide bonds. The Morgan fingerprint density at radius 1 is 0.931 bits per heavy atom. The van der Waals surface area contributed by atoms with E-state index < -0.39 is 0 Å². The summed E-state index contributed by atoms with van der Waals surface area (Å²) in [7, 11) is 0. The number of piperazine rings is 1. The van der Waals surface area contributed by atoms with Crippen LogP contribution in [-0.2, 0) is 0 Å². The van der Waals surface area contributed by atoms with Crippen molar-refractivity contribution in [2.45, 2.75) is 27.7 Å². The van der Waals surface area contributed by atoms with Crippen molar-refractivity contribution in [2.75, 3.05) is 31.1 Å². The average molecular weight is 390 g/mol. The second kappa shape index (κ2) is 7.66. The van der Waals surface area contributed by atoms with Gasteiger partial charge in [0.2, 0.25) is 0 Å². The molecular weight excluding hydrogens is 364 g/mol. The molecule has 0 aliphatic carbocycles. The zero-order valence-electron chi connectivity index (χ0n) is 17.4. The molecule has 2 aromatic heterocycles. The van der Waals surface area contributed by atoms with Crippen LogP contribution in [0.1, 0.15) is 33.1 Å². The van der Waals surface area contributed by atoms with Gasteiger partial charge in [-0.15, -0.1) is 0 Å². The summed E-state index contributed by atoms with van der Waals surface area (Å²) < 4.78 is 1.99. The molecule has 7 nitrogen and oxygen atoms in total. The Bertz CT molecular complexity index is 1050. The zero-order chi connectivity index (χ0) is 20.5. The van der Waals surface area contributed by atoms with Gasteiger partial charge in [0.1, 0.15) is 23.8 Å². The molecule has 150 valence electrons. The number of nitrogens with zero attached hydrogens (tertiary/aromatic N) is 6. The van der Waals surface area contributed by atoms with E-state index in [1.807, 2.05) is 67.5 Å². The normalized spacial score (nSPS) is 14.3. The minimum atomic E-state index is 0.104. The maximum Gasteiger partial charge on any atom is 0.254 e. The first-order valence-electron chi connectivity index (χ1n) is 9.90. The van der Waals surface area contributed by atoms with Crippen LogP contribution in [0.15, 0.2) is 36.7 Å². The van der Waals surface area contributed by atoms with E-state index in [-0.39, 0.29) is 5.91 Å². The number of amides is 1. The molecule has 0 unspecified atom stereocenters. The number of rotatable bonds is 3. The van der Waals surface area contributed by atoms with Crippen molar-refractivity contribution in [1.29, 1.82) is 0 Å². The van der Waals surface area contributed by atoms with Gasteiger partial charge >= 0.3 is 0 Å². The molecule has 4 rings (SSSR count). The third-order valence-electron chi connectivity index (χ3n) is 5.58. The van der Waals surface area contributed by atoms with Crippen LogP contribution in [0.2, 0.25) is 0 Å². The Labute approximate surface area is 171 Å². The van der Waals surface area contributed by atoms with Gasteiger partial charge in [-0.05, 0) is 39.3 Å². The van der Waals surface area contributed by atoms with Crippen molar-refractivity contribution >= 4 is 11.7 Å². The smallest absolute Gasteiger partial charge is 0.254 e. The van der Waals surface area contributed by atoms with Crippen molar-refractivity contribution in [3.05, 3.63) is 65.0 Å². The number of carbonyl (C=O) groups excluding carboxylic acids is 1. The minimum Gasteiger partial charge on any atom is -0.353 e. The molecule has 3 aromatic rings. The summed E-state index contributed by atoms with van der Waals surface area (Å²) >= 11 is 0. The highest BCUT2D eigenvalue weighted by molar-refractivity contribution is 5.95. The van der Waals surface area contributed by atoms with Gasteiger partial charge in [0, 0.05) is 43.5 Å². The Hall–Kier alpha value is -3.22. The second-order valence-corrected chi connectivity index (χ2v) is 7.51. The summed E-state index contributed by atoms with van der Waals surface area (Å²) in [4.78, 5) is 30.6. The maximum absolute atomic E-state index is 12.9. The van der Waals surface area contributed by atoms with Gasteiger partial charge in [-0.3, -0.25) is 9.36 Å². The van der Waals surface area contributed by atoms with Gasteiger partial charge in [0.15, 0.2) is 0 Å². The third kappa shape index (κ3) is 3.72. The Morgan fingerprint density at radius 3 is 2.28 bits per heavy atom. The summed E-state index contributed by atoms with van der Waals surface area (Å²) in [5.74, 6) is 2.54. The Morgan fingerprint density at radius 2 is 1.62 bits per heavy atom. The molecule has 0 spiro atoms. The van der Waals surface area contributed by atoms with Crippen LogP contribution < -0.4 is 4.90 Å². The Kier molecular flexibility index (Phi) is 5.05. The summed E-state index contributed by atoms with van der Waals surface area (Å²) in [6, 6.07) is 9.76. The van der Waals surface area contributed by atoms with E-state index in [4.69, 9.17) is 0 Å². The molecule has 0 bridgehead atoms. The average Bonchev–Trinajstić information content (AvgIpc) is 3.06. The molecule has 1 aliphatic rings. The van der Waals surface area contributed by atoms with Crippen LogP contribution in [-0.4, -0.2) is 56.5 Å². The van der Waals surface area contributed by atoms with Crippen molar-refractivity contribution in [1.82, 2.24) is 24.4 Å². The molecule has 0 saturated carbocycles. The summed E-state index contributed by atoms with van der Waals surface area (Å²) in [6.07, 6.45) is 1.80. The predicted molar refractivity (Wildman–Crippen MR) is 113 cm³/mol. The van der Waals surface area contributed by atoms with Crippen molar-refractivity contribution in [3.63, 3.8) is 0 Å². The van der Waals surface area contributed by atoms with Crippen LogP contribution in [0.25, 0.3) is 5.82 Å². The van der Waals surface area contributed by atoms with E-state index in [1.54, 1.807) is 6.33 Å². The molecule has 1 saturated heterocycles. The highest BCUT2D eigenvalue weighted by Gasteiger charge is 2.24. The lowest BCUT2D eigenvalue weighted by atomic mass is 10.1. The summed E-state index contributed by atoms with van der Waals surface area (Å²) in [5.41, 5.74) is 3.86. The quantitative estimate of drug-likeness (QED) is 0.688. The lowest BCUT2D eigenvalue weighted by Crippen LogP contribution is -2.49. The van der Waals surface area contributed by atoms with Gasteiger partial charge in [-0.25, -0.2) is 15.0 Å². The van der Waals surface area contributed by atoms with Gasteiger partial charge in [0.05, 0.1) is 5.69 Å². The maximum atomic E-state index is 12.9. The summed E-state index contributed by atoms with van der Waals surface area (Å²) in [6.45, 7) is 10.8. The van der Waals surface area contributed by atoms with Crippen LogP contribution in [0.4, 0.5) is 5.82 Å². The number of hydrogen-bond acceptors (Lipinski definition) is 5. The van der Waals surface area contributed by atoms with E-state index in [0.29, 0.717) is 13.1 Å². The van der Waals surface area contributed by atoms with Gasteiger partial charge in [0.25, 0.3) is 5.91 Å². The molecule has 3 heterocycles. The molecular formula is C22H26N6O. The molecule has 29 heavy (non-hydrogen) atoms. The van der Waals surface area contributed by atoms with E-state index in [2.05, 4.69) is 19.9 Å². The first-order chi connectivity index (χ1) is 13.9. The van der Waals surface area contributed by atoms with Gasteiger partial charge in [-0.1, -0.05) is 18.2 Å². The fraction of sp³-hybridized carbons (Fsp3) is 0.364. The first kappa shape index (κ1) is 19.1. The topological polar surface area (TPSA) is 67.2 Å². The van der Waals surface area contributed by atoms with Crippen LogP contribution >= 0.6 is 0 Å². The summed E-state index contributed by atoms with van der Waals surface area (Å²) in [5, 5.41) is 0. The molecule has 0 atom stereocenters. The molecule has 1 fully saturated rings. The van der Waals surface area contributed by atoms with E-state index in [0.717, 1.165) is 53.1 Å². The fourth-order valence-electron chi connectivity index (χ4n) is 3.67. The van der Waals surface area contributed by atoms with Crippen molar-refractivity contribution < 1.29 is 4.79 Å². The standard InChI is InChI=1S/C22H26N6O/c1-15-7-5-6-8-19(15)22(29)27-11-9-26(10-12-27)20-13-21(25-18(4)24-20)28-14-23-16(2)17(28)3/h5-8,13-14H,9-12H2,1-4H3.